The number of nitrogens with one attached hydrogen (secondary N) is 1. The third kappa shape index (κ3) is 0.871. The highest BCUT2D eigenvalue weighted by atomic mass is 32.1. The normalized spacial score (nSPS) is 8.57. The van der Waals surface area contributed by atoms with Crippen molar-refractivity contribution in [1.29, 1.82) is 0 Å². The lowest BCUT2D eigenvalue weighted by Gasteiger charge is -1.61. The molecule has 1 aromatic heterocycles. The average molecular weight is 112 g/mol. The van der Waals surface area contributed by atoms with Gasteiger partial charge in [0.2, 0.25) is 0 Å². The number of thiazole rings is 1. The molecule has 0 spiro atoms. The molecule has 0 aliphatic rings. The van der Waals surface area contributed by atoms with Gasteiger partial charge in [-0.25, -0.2) is 4.98 Å². The smallest absolute Gasteiger partial charge is 0.202 e. The third-order valence-electron chi connectivity index (χ3n) is 0.674. The molecule has 0 atom stereocenters. The van der Waals surface area contributed by atoms with Crippen LogP contribution in [-0.4, -0.2) is 0 Å². The van der Waals surface area contributed by atoms with Crippen LogP contribution in [0, 0.1) is 0 Å². The second-order valence-corrected chi connectivity index (χ2v) is 2.08. The molecule has 0 unspecified atom stereocenters. The molecule has 7 heavy (non-hydrogen) atoms. The van der Waals surface area contributed by atoms with Crippen molar-refractivity contribution in [3.8, 4) is 0 Å². The Kier molecular flexibility index (Phi) is 1.22. The molecule has 1 nitrogen and oxygen atoms in total. The monoisotopic (exact) mass is 112 g/mol. The maximum atomic E-state index is 3.58. The van der Waals surface area contributed by atoms with E-state index < -0.39 is 0 Å². The van der Waals surface area contributed by atoms with Gasteiger partial charge in [-0.15, -0.1) is 0 Å². The van der Waals surface area contributed by atoms with Crippen molar-refractivity contribution in [2.24, 2.45) is 0 Å². The van der Waals surface area contributed by atoms with E-state index in [0.717, 1.165) is 5.01 Å². The van der Waals surface area contributed by atoms with Gasteiger partial charge < -0.3 is 0 Å². The fourth-order valence-electron chi connectivity index (χ4n) is 0.365. The average Bonchev–Trinajstić information content (AvgIpc) is 2.14. The van der Waals surface area contributed by atoms with E-state index in [2.05, 4.69) is 11.6 Å². The molecule has 0 aliphatic heterocycles. The summed E-state index contributed by atoms with van der Waals surface area (Å²) in [5, 5.41) is 3.09. The van der Waals surface area contributed by atoms with Crippen LogP contribution in [-0.2, 0) is 0 Å². The summed E-state index contributed by atoms with van der Waals surface area (Å²) in [7, 11) is 0. The molecule has 0 radical (unpaired) electrons. The first-order valence-electron chi connectivity index (χ1n) is 2.01. The summed E-state index contributed by atoms with van der Waals surface area (Å²) >= 11 is 1.65. The highest BCUT2D eigenvalue weighted by molar-refractivity contribution is 7.10. The molecule has 1 heterocycles. The lowest BCUT2D eigenvalue weighted by atomic mass is 10.7. The summed E-state index contributed by atoms with van der Waals surface area (Å²) in [6, 6.07) is 0. The van der Waals surface area contributed by atoms with Gasteiger partial charge in [-0.2, -0.15) is 0 Å². The zero-order chi connectivity index (χ0) is 5.11. The van der Waals surface area contributed by atoms with Gasteiger partial charge >= 0.3 is 0 Å². The highest BCUT2D eigenvalue weighted by Crippen LogP contribution is 1.98. The first-order chi connectivity index (χ1) is 3.43. The van der Waals surface area contributed by atoms with Crippen LogP contribution in [0.4, 0.5) is 0 Å². The second-order valence-electron chi connectivity index (χ2n) is 1.13. The van der Waals surface area contributed by atoms with E-state index in [9.17, 15) is 0 Å². The Labute approximate surface area is 46.3 Å². The zero-order valence-corrected chi connectivity index (χ0v) is 4.66. The van der Waals surface area contributed by atoms with Gasteiger partial charge in [0, 0.05) is 6.08 Å². The molecule has 0 aromatic carbocycles. The molecule has 1 rings (SSSR count). The van der Waals surface area contributed by atoms with E-state index in [1.54, 1.807) is 17.4 Å². The Morgan fingerprint density at radius 3 is 3.00 bits per heavy atom. The quantitative estimate of drug-likeness (QED) is 0.518. The molecule has 0 saturated heterocycles. The number of rotatable bonds is 1. The number of aromatic nitrogens is 1. The van der Waals surface area contributed by atoms with Crippen LogP contribution >= 0.6 is 11.3 Å². The van der Waals surface area contributed by atoms with Crippen LogP contribution in [0.1, 0.15) is 5.01 Å². The minimum atomic E-state index is 1.11. The fourth-order valence-corrected chi connectivity index (χ4v) is 0.880. The van der Waals surface area contributed by atoms with Crippen molar-refractivity contribution in [3.05, 3.63) is 23.2 Å². The standard InChI is InChI=1S/C5H5NS/c1-2-5-6-3-4-7-5/h2-4H,1H2/p+1. The summed E-state index contributed by atoms with van der Waals surface area (Å²) in [6.07, 6.45) is 3.69. The van der Waals surface area contributed by atoms with Crippen molar-refractivity contribution < 1.29 is 4.98 Å². The van der Waals surface area contributed by atoms with Gasteiger partial charge in [0.25, 0.3) is 5.01 Å². The van der Waals surface area contributed by atoms with E-state index >= 15 is 0 Å². The third-order valence-corrected chi connectivity index (χ3v) is 1.48. The minimum Gasteiger partial charge on any atom is -0.202 e. The van der Waals surface area contributed by atoms with Crippen molar-refractivity contribution in [1.82, 2.24) is 0 Å². The van der Waals surface area contributed by atoms with Gasteiger partial charge in [-0.3, -0.25) is 0 Å². The lowest BCUT2D eigenvalue weighted by Crippen LogP contribution is -1.95. The predicted molar refractivity (Wildman–Crippen MR) is 31.0 cm³/mol. The SMILES string of the molecule is C=Cc1[nH+]ccs1. The Hall–Kier alpha value is -0.630. The van der Waals surface area contributed by atoms with Crippen LogP contribution in [0.15, 0.2) is 18.2 Å². The molecule has 0 fully saturated rings. The second kappa shape index (κ2) is 1.89. The Balaban J connectivity index is 2.96. The number of aromatic amines is 1. The molecular formula is C5H6NS+. The molecule has 1 aromatic rings. The zero-order valence-electron chi connectivity index (χ0n) is 3.85. The lowest BCUT2D eigenvalue weighted by molar-refractivity contribution is -0.373. The van der Waals surface area contributed by atoms with Crippen LogP contribution in [0.3, 0.4) is 0 Å². The van der Waals surface area contributed by atoms with Crippen molar-refractivity contribution in [2.75, 3.05) is 0 Å². The summed E-state index contributed by atoms with van der Waals surface area (Å²) in [5.41, 5.74) is 0. The van der Waals surface area contributed by atoms with Crippen LogP contribution in [0.2, 0.25) is 0 Å². The first kappa shape index (κ1) is 4.53. The summed E-state index contributed by atoms with van der Waals surface area (Å²) < 4.78 is 0. The Bertz CT molecular complexity index is 143. The number of H-pyrrole nitrogens is 1. The van der Waals surface area contributed by atoms with E-state index in [0.29, 0.717) is 0 Å². The molecule has 0 amide bonds. The largest absolute Gasteiger partial charge is 0.259 e. The van der Waals surface area contributed by atoms with Crippen molar-refractivity contribution in [2.45, 2.75) is 0 Å². The summed E-state index contributed by atoms with van der Waals surface area (Å²) in [6.45, 7) is 3.58. The van der Waals surface area contributed by atoms with E-state index in [1.807, 2.05) is 11.6 Å². The van der Waals surface area contributed by atoms with Crippen LogP contribution in [0.25, 0.3) is 6.08 Å². The molecule has 0 bridgehead atoms. The minimum absolute atomic E-state index is 1.11. The first-order valence-corrected chi connectivity index (χ1v) is 2.89. The Morgan fingerprint density at radius 2 is 2.71 bits per heavy atom. The Morgan fingerprint density at radius 1 is 1.86 bits per heavy atom. The molecule has 1 N–H and O–H groups in total. The highest BCUT2D eigenvalue weighted by Gasteiger charge is 1.89. The van der Waals surface area contributed by atoms with Gasteiger partial charge in [0.1, 0.15) is 0 Å². The molecule has 36 valence electrons. The predicted octanol–water partition coefficient (Wildman–Crippen LogP) is 1.21. The van der Waals surface area contributed by atoms with Crippen molar-refractivity contribution in [3.63, 3.8) is 0 Å². The maximum absolute atomic E-state index is 3.58. The van der Waals surface area contributed by atoms with Gasteiger partial charge in [0.05, 0.1) is 5.38 Å². The number of hydrogen-bond donors (Lipinski definition) is 0. The fraction of sp³-hybridized carbons (Fsp3) is 0. The van der Waals surface area contributed by atoms with Gasteiger partial charge in [-0.05, 0) is 0 Å². The van der Waals surface area contributed by atoms with E-state index in [1.165, 1.54) is 0 Å². The maximum Gasteiger partial charge on any atom is 0.259 e. The topological polar surface area (TPSA) is 14.1 Å². The van der Waals surface area contributed by atoms with Crippen molar-refractivity contribution >= 4 is 17.4 Å². The van der Waals surface area contributed by atoms with E-state index in [-0.39, 0.29) is 0 Å². The number of hydrogen-bond acceptors (Lipinski definition) is 1. The van der Waals surface area contributed by atoms with E-state index in [4.69, 9.17) is 0 Å². The van der Waals surface area contributed by atoms with Crippen LogP contribution < -0.4 is 4.98 Å². The summed E-state index contributed by atoms with van der Waals surface area (Å²) in [4.78, 5) is 2.99. The molecule has 2 heteroatoms. The summed E-state index contributed by atoms with van der Waals surface area (Å²) in [5.74, 6) is 0. The molecule has 0 aliphatic carbocycles. The van der Waals surface area contributed by atoms with Gasteiger partial charge in [-0.1, -0.05) is 17.9 Å². The molecular weight excluding hydrogens is 106 g/mol. The van der Waals surface area contributed by atoms with Gasteiger partial charge in [0.15, 0.2) is 6.20 Å². The molecule has 0 saturated carbocycles. The van der Waals surface area contributed by atoms with Crippen LogP contribution in [0.5, 0.6) is 0 Å².